The smallest absolute Gasteiger partial charge is 0.234 e. The molecule has 0 aliphatic rings. The summed E-state index contributed by atoms with van der Waals surface area (Å²) in [4.78, 5) is 11.9. The number of methoxy groups -OCH3 is 1. The maximum atomic E-state index is 11.9. The van der Waals surface area contributed by atoms with Gasteiger partial charge < -0.3 is 15.4 Å². The van der Waals surface area contributed by atoms with Crippen molar-refractivity contribution in [3.8, 4) is 5.75 Å². The highest BCUT2D eigenvalue weighted by atomic mass is 16.5. The molecule has 0 spiro atoms. The molecule has 116 valence electrons. The van der Waals surface area contributed by atoms with Crippen LogP contribution in [0.2, 0.25) is 0 Å². The van der Waals surface area contributed by atoms with Crippen LogP contribution in [0.25, 0.3) is 0 Å². The van der Waals surface area contributed by atoms with Gasteiger partial charge in [0.1, 0.15) is 5.75 Å². The van der Waals surface area contributed by atoms with E-state index >= 15 is 0 Å². The van der Waals surface area contributed by atoms with E-state index < -0.39 is 0 Å². The van der Waals surface area contributed by atoms with E-state index in [0.717, 1.165) is 11.3 Å². The summed E-state index contributed by atoms with van der Waals surface area (Å²) in [5, 5.41) is 6.04. The molecule has 2 aromatic carbocycles. The lowest BCUT2D eigenvalue weighted by molar-refractivity contribution is -0.120. The fourth-order valence-electron chi connectivity index (χ4n) is 2.25. The normalized spacial score (nSPS) is 10.3. The number of ether oxygens (including phenoxy) is 1. The molecule has 1 amide bonds. The van der Waals surface area contributed by atoms with Crippen LogP contribution in [0.4, 0.5) is 0 Å². The number of rotatable bonds is 7. The minimum Gasteiger partial charge on any atom is -0.496 e. The van der Waals surface area contributed by atoms with Crippen LogP contribution in [-0.2, 0) is 17.9 Å². The minimum absolute atomic E-state index is 0.0291. The summed E-state index contributed by atoms with van der Waals surface area (Å²) in [5.74, 6) is 0.758. The molecule has 0 fully saturated rings. The number of hydrogen-bond donors (Lipinski definition) is 2. The van der Waals surface area contributed by atoms with Gasteiger partial charge in [-0.25, -0.2) is 0 Å². The van der Waals surface area contributed by atoms with Crippen LogP contribution in [0, 0.1) is 6.92 Å². The average molecular weight is 298 g/mol. The van der Waals surface area contributed by atoms with Crippen molar-refractivity contribution in [3.05, 3.63) is 65.2 Å². The second-order valence-corrected chi connectivity index (χ2v) is 5.18. The third kappa shape index (κ3) is 4.90. The van der Waals surface area contributed by atoms with Crippen molar-refractivity contribution in [2.45, 2.75) is 20.0 Å². The number of carbonyl (C=O) groups is 1. The van der Waals surface area contributed by atoms with Crippen molar-refractivity contribution in [1.29, 1.82) is 0 Å². The SMILES string of the molecule is COc1ccccc1CNC(=O)CNCc1cccc(C)c1. The molecular formula is C18H22N2O2. The maximum Gasteiger partial charge on any atom is 0.234 e. The first-order valence-electron chi connectivity index (χ1n) is 7.34. The fraction of sp³-hybridized carbons (Fsp3) is 0.278. The number of nitrogens with one attached hydrogen (secondary N) is 2. The zero-order chi connectivity index (χ0) is 15.8. The molecule has 0 aliphatic heterocycles. The monoisotopic (exact) mass is 298 g/mol. The van der Waals surface area contributed by atoms with Crippen LogP contribution < -0.4 is 15.4 Å². The summed E-state index contributed by atoms with van der Waals surface area (Å²) in [6.07, 6.45) is 0. The highest BCUT2D eigenvalue weighted by molar-refractivity contribution is 5.78. The molecule has 0 heterocycles. The molecule has 4 nitrogen and oxygen atoms in total. The first-order chi connectivity index (χ1) is 10.7. The third-order valence-electron chi connectivity index (χ3n) is 3.37. The summed E-state index contributed by atoms with van der Waals surface area (Å²) >= 11 is 0. The van der Waals surface area contributed by atoms with E-state index in [4.69, 9.17) is 4.74 Å². The molecule has 0 saturated carbocycles. The lowest BCUT2D eigenvalue weighted by Crippen LogP contribution is -2.33. The minimum atomic E-state index is -0.0291. The molecule has 2 rings (SSSR count). The molecule has 22 heavy (non-hydrogen) atoms. The zero-order valence-electron chi connectivity index (χ0n) is 13.1. The van der Waals surface area contributed by atoms with Gasteiger partial charge in [0, 0.05) is 18.7 Å². The molecule has 0 atom stereocenters. The number of para-hydroxylation sites is 1. The summed E-state index contributed by atoms with van der Waals surface area (Å²) < 4.78 is 5.26. The van der Waals surface area contributed by atoms with Crippen LogP contribution in [-0.4, -0.2) is 19.6 Å². The molecule has 0 saturated heterocycles. The van der Waals surface area contributed by atoms with E-state index in [2.05, 4.69) is 29.7 Å². The molecule has 2 aromatic rings. The van der Waals surface area contributed by atoms with Gasteiger partial charge in [0.2, 0.25) is 5.91 Å². The molecule has 0 radical (unpaired) electrons. The number of benzene rings is 2. The topological polar surface area (TPSA) is 50.4 Å². The van der Waals surface area contributed by atoms with E-state index in [1.165, 1.54) is 11.1 Å². The van der Waals surface area contributed by atoms with Gasteiger partial charge in [0.15, 0.2) is 0 Å². The second-order valence-electron chi connectivity index (χ2n) is 5.18. The molecule has 4 heteroatoms. The summed E-state index contributed by atoms with van der Waals surface area (Å²) in [7, 11) is 1.63. The van der Waals surface area contributed by atoms with Crippen LogP contribution in [0.1, 0.15) is 16.7 Å². The van der Waals surface area contributed by atoms with Crippen LogP contribution >= 0.6 is 0 Å². The molecule has 0 unspecified atom stereocenters. The van der Waals surface area contributed by atoms with Gasteiger partial charge in [0.25, 0.3) is 0 Å². The average Bonchev–Trinajstić information content (AvgIpc) is 2.53. The number of amides is 1. The predicted molar refractivity (Wildman–Crippen MR) is 87.7 cm³/mol. The van der Waals surface area contributed by atoms with Gasteiger partial charge in [-0.1, -0.05) is 48.0 Å². The Labute approximate surface area is 131 Å². The van der Waals surface area contributed by atoms with Gasteiger partial charge in [-0.15, -0.1) is 0 Å². The van der Waals surface area contributed by atoms with Crippen molar-refractivity contribution in [3.63, 3.8) is 0 Å². The van der Waals surface area contributed by atoms with E-state index in [1.54, 1.807) is 7.11 Å². The Morgan fingerprint density at radius 2 is 1.91 bits per heavy atom. The first-order valence-corrected chi connectivity index (χ1v) is 7.34. The number of hydrogen-bond acceptors (Lipinski definition) is 3. The van der Waals surface area contributed by atoms with Crippen LogP contribution in [0.3, 0.4) is 0 Å². The van der Waals surface area contributed by atoms with E-state index in [9.17, 15) is 4.79 Å². The van der Waals surface area contributed by atoms with Crippen molar-refractivity contribution < 1.29 is 9.53 Å². The first kappa shape index (κ1) is 16.0. The molecule has 0 aliphatic carbocycles. The summed E-state index contributed by atoms with van der Waals surface area (Å²) in [6, 6.07) is 15.9. The lowest BCUT2D eigenvalue weighted by atomic mass is 10.1. The Kier molecular flexibility index (Phi) is 5.98. The molecule has 2 N–H and O–H groups in total. The van der Waals surface area contributed by atoms with Gasteiger partial charge in [-0.2, -0.15) is 0 Å². The van der Waals surface area contributed by atoms with Gasteiger partial charge in [0.05, 0.1) is 13.7 Å². The lowest BCUT2D eigenvalue weighted by Gasteiger charge is -2.10. The Morgan fingerprint density at radius 3 is 2.68 bits per heavy atom. The Balaban J connectivity index is 1.74. The van der Waals surface area contributed by atoms with Crippen molar-refractivity contribution in [2.75, 3.05) is 13.7 Å². The largest absolute Gasteiger partial charge is 0.496 e. The maximum absolute atomic E-state index is 11.9. The van der Waals surface area contributed by atoms with Gasteiger partial charge in [-0.3, -0.25) is 4.79 Å². The van der Waals surface area contributed by atoms with Crippen molar-refractivity contribution >= 4 is 5.91 Å². The second kappa shape index (κ2) is 8.20. The zero-order valence-corrected chi connectivity index (χ0v) is 13.1. The highest BCUT2D eigenvalue weighted by Crippen LogP contribution is 2.16. The molecule has 0 aromatic heterocycles. The van der Waals surface area contributed by atoms with Crippen LogP contribution in [0.5, 0.6) is 5.75 Å². The molecular weight excluding hydrogens is 276 g/mol. The third-order valence-corrected chi connectivity index (χ3v) is 3.37. The Hall–Kier alpha value is -2.33. The van der Waals surface area contributed by atoms with E-state index in [0.29, 0.717) is 19.6 Å². The summed E-state index contributed by atoms with van der Waals surface area (Å²) in [6.45, 7) is 3.51. The highest BCUT2D eigenvalue weighted by Gasteiger charge is 2.04. The Bertz CT molecular complexity index is 626. The van der Waals surface area contributed by atoms with E-state index in [-0.39, 0.29) is 5.91 Å². The van der Waals surface area contributed by atoms with Crippen molar-refractivity contribution in [2.24, 2.45) is 0 Å². The number of aryl methyl sites for hydroxylation is 1. The van der Waals surface area contributed by atoms with Gasteiger partial charge in [-0.05, 0) is 18.6 Å². The van der Waals surface area contributed by atoms with Crippen molar-refractivity contribution in [1.82, 2.24) is 10.6 Å². The Morgan fingerprint density at radius 1 is 1.09 bits per heavy atom. The summed E-state index contributed by atoms with van der Waals surface area (Å²) in [5.41, 5.74) is 3.37. The standard InChI is InChI=1S/C18H22N2O2/c1-14-6-5-7-15(10-14)11-19-13-18(21)20-12-16-8-3-4-9-17(16)22-2/h3-10,19H,11-13H2,1-2H3,(H,20,21). The quantitative estimate of drug-likeness (QED) is 0.825. The number of carbonyl (C=O) groups excluding carboxylic acids is 1. The van der Waals surface area contributed by atoms with Gasteiger partial charge >= 0.3 is 0 Å². The predicted octanol–water partition coefficient (Wildman–Crippen LogP) is 2.41. The fourth-order valence-corrected chi connectivity index (χ4v) is 2.25. The van der Waals surface area contributed by atoms with E-state index in [1.807, 2.05) is 36.4 Å². The molecule has 0 bridgehead atoms. The van der Waals surface area contributed by atoms with Crippen LogP contribution in [0.15, 0.2) is 48.5 Å².